The van der Waals surface area contributed by atoms with Crippen LogP contribution in [0.4, 0.5) is 0 Å². The molecule has 4 aliphatic carbocycles. The number of aliphatic hydroxyl groups excluding tert-OH is 2. The number of hydrogen-bond donors (Lipinski definition) is 2. The molecule has 2 aromatic carbocycles. The molecule has 4 aliphatic rings. The van der Waals surface area contributed by atoms with E-state index in [1.165, 1.54) is 22.3 Å². The lowest BCUT2D eigenvalue weighted by Crippen LogP contribution is -2.07. The zero-order chi connectivity index (χ0) is 15.7. The third kappa shape index (κ3) is 3.08. The maximum absolute atomic E-state index is 10.1. The van der Waals surface area contributed by atoms with E-state index < -0.39 is 12.2 Å². The van der Waals surface area contributed by atoms with Crippen molar-refractivity contribution >= 4 is 0 Å². The van der Waals surface area contributed by atoms with Crippen molar-refractivity contribution in [2.75, 3.05) is 0 Å². The minimum Gasteiger partial charge on any atom is -0.389 e. The van der Waals surface area contributed by atoms with E-state index in [0.717, 1.165) is 36.8 Å². The Bertz CT molecular complexity index is 612. The second-order valence-electron chi connectivity index (χ2n) is 6.42. The lowest BCUT2D eigenvalue weighted by molar-refractivity contribution is 0.197. The Balaban J connectivity index is 2.04. The molecule has 2 nitrogen and oxygen atoms in total. The van der Waals surface area contributed by atoms with Crippen molar-refractivity contribution in [3.63, 3.8) is 0 Å². The van der Waals surface area contributed by atoms with Gasteiger partial charge in [-0.05, 0) is 72.9 Å². The summed E-state index contributed by atoms with van der Waals surface area (Å²) in [5.74, 6) is 0. The molecular formula is C20H24O2. The normalized spacial score (nSPS) is 16.9. The van der Waals surface area contributed by atoms with Gasteiger partial charge in [-0.1, -0.05) is 36.4 Å². The first-order chi connectivity index (χ1) is 10.5. The molecule has 116 valence electrons. The molecule has 0 aliphatic heterocycles. The van der Waals surface area contributed by atoms with Gasteiger partial charge in [-0.15, -0.1) is 0 Å². The zero-order valence-electron chi connectivity index (χ0n) is 13.3. The fraction of sp³-hybridized carbons (Fsp3) is 0.400. The molecule has 0 unspecified atom stereocenters. The van der Waals surface area contributed by atoms with Gasteiger partial charge in [0.2, 0.25) is 0 Å². The Hall–Kier alpha value is -1.64. The minimum atomic E-state index is -0.435. The summed E-state index contributed by atoms with van der Waals surface area (Å²) in [6, 6.07) is 13.0. The van der Waals surface area contributed by atoms with Crippen molar-refractivity contribution in [2.24, 2.45) is 0 Å². The Labute approximate surface area is 132 Å². The number of aryl methyl sites for hydroxylation is 4. The van der Waals surface area contributed by atoms with Gasteiger partial charge in [-0.25, -0.2) is 0 Å². The first-order valence-electron chi connectivity index (χ1n) is 8.14. The summed E-state index contributed by atoms with van der Waals surface area (Å²) < 4.78 is 0. The molecule has 0 heterocycles. The highest BCUT2D eigenvalue weighted by atomic mass is 16.3. The third-order valence-electron chi connectivity index (χ3n) is 4.69. The third-order valence-corrected chi connectivity index (χ3v) is 4.69. The van der Waals surface area contributed by atoms with Crippen LogP contribution in [-0.4, -0.2) is 10.2 Å². The molecule has 2 N–H and O–H groups in total. The Morgan fingerprint density at radius 3 is 1.45 bits per heavy atom. The second kappa shape index (κ2) is 6.23. The molecule has 2 atom stereocenters. The average molecular weight is 296 g/mol. The first kappa shape index (κ1) is 15.3. The molecule has 2 aromatic rings. The molecule has 0 saturated heterocycles. The SMILES string of the molecule is C[C@H](O)c1cc2ccc1CCc1ccc(cc1[C@H](C)O)CC2. The van der Waals surface area contributed by atoms with Crippen LogP contribution in [0.25, 0.3) is 0 Å². The van der Waals surface area contributed by atoms with E-state index in [9.17, 15) is 10.2 Å². The number of aliphatic hydroxyl groups is 2. The summed E-state index contributed by atoms with van der Waals surface area (Å²) >= 11 is 0. The summed E-state index contributed by atoms with van der Waals surface area (Å²) in [4.78, 5) is 0. The lowest BCUT2D eigenvalue weighted by Gasteiger charge is -2.19. The average Bonchev–Trinajstić information content (AvgIpc) is 2.49. The largest absolute Gasteiger partial charge is 0.389 e. The summed E-state index contributed by atoms with van der Waals surface area (Å²) in [6.07, 6.45) is 2.82. The quantitative estimate of drug-likeness (QED) is 0.887. The maximum Gasteiger partial charge on any atom is 0.0764 e. The van der Waals surface area contributed by atoms with E-state index >= 15 is 0 Å². The van der Waals surface area contributed by atoms with Crippen LogP contribution < -0.4 is 0 Å². The second-order valence-corrected chi connectivity index (χ2v) is 6.42. The zero-order valence-corrected chi connectivity index (χ0v) is 13.3. The number of benzene rings is 2. The van der Waals surface area contributed by atoms with E-state index in [-0.39, 0.29) is 0 Å². The van der Waals surface area contributed by atoms with Crippen LogP contribution in [0.5, 0.6) is 0 Å². The lowest BCUT2D eigenvalue weighted by atomic mass is 9.89. The molecule has 0 saturated carbocycles. The summed E-state index contributed by atoms with van der Waals surface area (Å²) in [6.45, 7) is 3.67. The Morgan fingerprint density at radius 2 is 1.09 bits per heavy atom. The van der Waals surface area contributed by atoms with Crippen LogP contribution in [-0.2, 0) is 25.7 Å². The summed E-state index contributed by atoms with van der Waals surface area (Å²) in [5, 5.41) is 20.1. The highest BCUT2D eigenvalue weighted by Crippen LogP contribution is 2.27. The van der Waals surface area contributed by atoms with Crippen LogP contribution >= 0.6 is 0 Å². The van der Waals surface area contributed by atoms with Crippen molar-refractivity contribution in [3.8, 4) is 0 Å². The minimum absolute atomic E-state index is 0.435. The van der Waals surface area contributed by atoms with Gasteiger partial charge in [0.25, 0.3) is 0 Å². The van der Waals surface area contributed by atoms with E-state index in [1.807, 2.05) is 13.8 Å². The molecule has 0 radical (unpaired) electrons. The predicted molar refractivity (Wildman–Crippen MR) is 89.0 cm³/mol. The van der Waals surface area contributed by atoms with Gasteiger partial charge in [-0.2, -0.15) is 0 Å². The van der Waals surface area contributed by atoms with Crippen LogP contribution in [0.15, 0.2) is 36.4 Å². The van der Waals surface area contributed by atoms with Gasteiger partial charge in [0.1, 0.15) is 0 Å². The highest BCUT2D eigenvalue weighted by molar-refractivity contribution is 5.39. The molecule has 4 bridgehead atoms. The van der Waals surface area contributed by atoms with Gasteiger partial charge in [-0.3, -0.25) is 0 Å². The van der Waals surface area contributed by atoms with Gasteiger partial charge >= 0.3 is 0 Å². The van der Waals surface area contributed by atoms with Crippen LogP contribution in [0.1, 0.15) is 59.4 Å². The molecule has 0 spiro atoms. The van der Waals surface area contributed by atoms with Gasteiger partial charge < -0.3 is 10.2 Å². The van der Waals surface area contributed by atoms with E-state index in [1.54, 1.807) is 0 Å². The molecule has 0 aromatic heterocycles. The molecule has 6 rings (SSSR count). The van der Waals surface area contributed by atoms with Gasteiger partial charge in [0.05, 0.1) is 12.2 Å². The fourth-order valence-corrected chi connectivity index (χ4v) is 3.39. The standard InChI is InChI=1S/C20H24O2/c1-13(21)19-11-15-3-4-16-6-8-18(20(12-16)14(2)22)10-9-17(19)7-5-15/h5-8,11-14,21-22H,3-4,9-10H2,1-2H3/t13-,14-/m0/s1. The monoisotopic (exact) mass is 296 g/mol. The van der Waals surface area contributed by atoms with E-state index in [0.29, 0.717) is 0 Å². The van der Waals surface area contributed by atoms with Crippen molar-refractivity contribution in [1.82, 2.24) is 0 Å². The Kier molecular flexibility index (Phi) is 4.32. The van der Waals surface area contributed by atoms with Gasteiger partial charge in [0, 0.05) is 0 Å². The number of rotatable bonds is 2. The van der Waals surface area contributed by atoms with E-state index in [4.69, 9.17) is 0 Å². The summed E-state index contributed by atoms with van der Waals surface area (Å²) in [5.41, 5.74) is 7.04. The molecular weight excluding hydrogens is 272 g/mol. The van der Waals surface area contributed by atoms with Crippen LogP contribution in [0.3, 0.4) is 0 Å². The molecule has 0 fully saturated rings. The van der Waals surface area contributed by atoms with E-state index in [2.05, 4.69) is 36.4 Å². The number of hydrogen-bond acceptors (Lipinski definition) is 2. The Morgan fingerprint density at radius 1 is 0.682 bits per heavy atom. The molecule has 0 amide bonds. The maximum atomic E-state index is 10.1. The molecule has 2 heteroatoms. The fourth-order valence-electron chi connectivity index (χ4n) is 3.39. The van der Waals surface area contributed by atoms with Crippen molar-refractivity contribution in [2.45, 2.75) is 51.7 Å². The summed E-state index contributed by atoms with van der Waals surface area (Å²) in [7, 11) is 0. The molecule has 22 heavy (non-hydrogen) atoms. The van der Waals surface area contributed by atoms with Gasteiger partial charge in [0.15, 0.2) is 0 Å². The first-order valence-corrected chi connectivity index (χ1v) is 8.14. The highest BCUT2D eigenvalue weighted by Gasteiger charge is 2.14. The smallest absolute Gasteiger partial charge is 0.0764 e. The van der Waals surface area contributed by atoms with Crippen LogP contribution in [0, 0.1) is 0 Å². The predicted octanol–water partition coefficient (Wildman–Crippen LogP) is 3.68. The van der Waals surface area contributed by atoms with Crippen molar-refractivity contribution < 1.29 is 10.2 Å². The topological polar surface area (TPSA) is 40.5 Å². The van der Waals surface area contributed by atoms with Crippen molar-refractivity contribution in [1.29, 1.82) is 0 Å². The van der Waals surface area contributed by atoms with Crippen LogP contribution in [0.2, 0.25) is 0 Å². The van der Waals surface area contributed by atoms with Crippen molar-refractivity contribution in [3.05, 3.63) is 69.8 Å².